The summed E-state index contributed by atoms with van der Waals surface area (Å²) < 4.78 is 5.37. The molecule has 86 valence electrons. The normalized spacial score (nSPS) is 12.2. The molecule has 0 N–H and O–H groups in total. The minimum Gasteiger partial charge on any atom is -0.494 e. The van der Waals surface area contributed by atoms with E-state index in [1.165, 1.54) is 0 Å². The van der Waals surface area contributed by atoms with E-state index in [0.29, 0.717) is 12.5 Å². The van der Waals surface area contributed by atoms with E-state index >= 15 is 0 Å². The highest BCUT2D eigenvalue weighted by Crippen LogP contribution is 2.24. The lowest BCUT2D eigenvalue weighted by Crippen LogP contribution is -2.00. The highest BCUT2D eigenvalue weighted by atomic mass is 16.5. The van der Waals surface area contributed by atoms with Crippen LogP contribution in [0.15, 0.2) is 24.3 Å². The van der Waals surface area contributed by atoms with Crippen LogP contribution in [0.2, 0.25) is 0 Å². The van der Waals surface area contributed by atoms with Gasteiger partial charge in [0.05, 0.1) is 18.6 Å². The Morgan fingerprint density at radius 2 is 1.88 bits per heavy atom. The van der Waals surface area contributed by atoms with Gasteiger partial charge in [-0.15, -0.1) is 0 Å². The summed E-state index contributed by atoms with van der Waals surface area (Å²) in [5, 5.41) is 9.12. The Balaban J connectivity index is 2.75. The number of nitrogens with zero attached hydrogens (tertiary/aromatic N) is 1. The van der Waals surface area contributed by atoms with Crippen LogP contribution in [0.3, 0.4) is 0 Å². The van der Waals surface area contributed by atoms with Crippen molar-refractivity contribution in [3.63, 3.8) is 0 Å². The zero-order valence-electron chi connectivity index (χ0n) is 10.2. The molecule has 0 spiro atoms. The van der Waals surface area contributed by atoms with Crippen LogP contribution in [0.4, 0.5) is 0 Å². The monoisotopic (exact) mass is 217 g/mol. The largest absolute Gasteiger partial charge is 0.494 e. The van der Waals surface area contributed by atoms with E-state index in [9.17, 15) is 0 Å². The average Bonchev–Trinajstić information content (AvgIpc) is 2.27. The molecule has 0 amide bonds. The minimum absolute atomic E-state index is 0.00400. The second-order valence-corrected chi connectivity index (χ2v) is 4.31. The molecule has 1 atom stereocenters. The Hall–Kier alpha value is -1.49. The maximum absolute atomic E-state index is 9.12. The SMILES string of the molecule is CCOc1ccc(C(C#N)CC(C)C)cc1. The van der Waals surface area contributed by atoms with Gasteiger partial charge in [0, 0.05) is 0 Å². The van der Waals surface area contributed by atoms with Gasteiger partial charge in [-0.25, -0.2) is 0 Å². The molecule has 0 heterocycles. The first kappa shape index (κ1) is 12.6. The summed E-state index contributed by atoms with van der Waals surface area (Å²) in [4.78, 5) is 0. The molecule has 2 heteroatoms. The van der Waals surface area contributed by atoms with Gasteiger partial charge in [-0.2, -0.15) is 5.26 Å². The van der Waals surface area contributed by atoms with Gasteiger partial charge in [0.25, 0.3) is 0 Å². The topological polar surface area (TPSA) is 33.0 Å². The molecular formula is C14H19NO. The van der Waals surface area contributed by atoms with E-state index in [1.807, 2.05) is 31.2 Å². The van der Waals surface area contributed by atoms with E-state index in [-0.39, 0.29) is 5.92 Å². The molecule has 0 aliphatic carbocycles. The van der Waals surface area contributed by atoms with Crippen molar-refractivity contribution in [3.05, 3.63) is 29.8 Å². The molecule has 0 aliphatic heterocycles. The molecule has 1 unspecified atom stereocenters. The molecule has 0 aliphatic rings. The highest BCUT2D eigenvalue weighted by Gasteiger charge is 2.12. The molecule has 2 nitrogen and oxygen atoms in total. The Kier molecular flexibility index (Phi) is 4.85. The number of nitriles is 1. The predicted molar refractivity (Wildman–Crippen MR) is 65.4 cm³/mol. The fourth-order valence-corrected chi connectivity index (χ4v) is 1.70. The van der Waals surface area contributed by atoms with Gasteiger partial charge in [0.15, 0.2) is 0 Å². The molecular weight excluding hydrogens is 198 g/mol. The lowest BCUT2D eigenvalue weighted by Gasteiger charge is -2.12. The van der Waals surface area contributed by atoms with Gasteiger partial charge in [-0.1, -0.05) is 26.0 Å². The Labute approximate surface area is 97.9 Å². The number of ether oxygens (including phenoxy) is 1. The van der Waals surface area contributed by atoms with Crippen LogP contribution >= 0.6 is 0 Å². The fourth-order valence-electron chi connectivity index (χ4n) is 1.70. The third-order valence-electron chi connectivity index (χ3n) is 2.46. The van der Waals surface area contributed by atoms with Crippen LogP contribution in [0.1, 0.15) is 38.7 Å². The van der Waals surface area contributed by atoms with Crippen LogP contribution < -0.4 is 4.74 Å². The summed E-state index contributed by atoms with van der Waals surface area (Å²) in [5.41, 5.74) is 1.08. The van der Waals surface area contributed by atoms with Gasteiger partial charge >= 0.3 is 0 Å². The maximum atomic E-state index is 9.12. The van der Waals surface area contributed by atoms with Crippen LogP contribution in [0, 0.1) is 17.2 Å². The van der Waals surface area contributed by atoms with Crippen molar-refractivity contribution in [1.82, 2.24) is 0 Å². The van der Waals surface area contributed by atoms with Crippen LogP contribution in [0.5, 0.6) is 5.75 Å². The maximum Gasteiger partial charge on any atom is 0.119 e. The number of benzene rings is 1. The van der Waals surface area contributed by atoms with Crippen molar-refractivity contribution in [2.45, 2.75) is 33.1 Å². The summed E-state index contributed by atoms with van der Waals surface area (Å²) in [6.45, 7) is 6.91. The number of hydrogen-bond acceptors (Lipinski definition) is 2. The average molecular weight is 217 g/mol. The Morgan fingerprint density at radius 3 is 2.31 bits per heavy atom. The van der Waals surface area contributed by atoms with Crippen molar-refractivity contribution < 1.29 is 4.74 Å². The number of hydrogen-bond donors (Lipinski definition) is 0. The first-order chi connectivity index (χ1) is 7.67. The van der Waals surface area contributed by atoms with Gasteiger partial charge in [-0.3, -0.25) is 0 Å². The molecule has 0 aromatic heterocycles. The van der Waals surface area contributed by atoms with Gasteiger partial charge in [-0.05, 0) is 37.0 Å². The van der Waals surface area contributed by atoms with Crippen molar-refractivity contribution in [3.8, 4) is 11.8 Å². The van der Waals surface area contributed by atoms with Crippen molar-refractivity contribution in [2.75, 3.05) is 6.61 Å². The van der Waals surface area contributed by atoms with Gasteiger partial charge in [0.1, 0.15) is 5.75 Å². The van der Waals surface area contributed by atoms with E-state index in [4.69, 9.17) is 10.00 Å². The lowest BCUT2D eigenvalue weighted by molar-refractivity contribution is 0.340. The van der Waals surface area contributed by atoms with E-state index in [2.05, 4.69) is 19.9 Å². The standard InChI is InChI=1S/C14H19NO/c1-4-16-14-7-5-12(6-8-14)13(10-15)9-11(2)3/h5-8,11,13H,4,9H2,1-3H3. The van der Waals surface area contributed by atoms with Crippen LogP contribution in [0.25, 0.3) is 0 Å². The first-order valence-corrected chi connectivity index (χ1v) is 5.79. The molecule has 16 heavy (non-hydrogen) atoms. The minimum atomic E-state index is -0.00400. The highest BCUT2D eigenvalue weighted by molar-refractivity contribution is 5.32. The zero-order chi connectivity index (χ0) is 12.0. The quantitative estimate of drug-likeness (QED) is 0.752. The Morgan fingerprint density at radius 1 is 1.25 bits per heavy atom. The summed E-state index contributed by atoms with van der Waals surface area (Å²) >= 11 is 0. The lowest BCUT2D eigenvalue weighted by atomic mass is 9.91. The zero-order valence-corrected chi connectivity index (χ0v) is 10.2. The molecule has 1 aromatic carbocycles. The predicted octanol–water partition coefficient (Wildman–Crippen LogP) is 3.74. The van der Waals surface area contributed by atoms with Crippen molar-refractivity contribution in [1.29, 1.82) is 5.26 Å². The molecule has 0 bridgehead atoms. The van der Waals surface area contributed by atoms with Crippen molar-refractivity contribution >= 4 is 0 Å². The third kappa shape index (κ3) is 3.58. The van der Waals surface area contributed by atoms with Gasteiger partial charge in [0.2, 0.25) is 0 Å². The molecule has 0 fully saturated rings. The second-order valence-electron chi connectivity index (χ2n) is 4.31. The first-order valence-electron chi connectivity index (χ1n) is 5.79. The molecule has 1 aromatic rings. The molecule has 0 saturated heterocycles. The van der Waals surface area contributed by atoms with E-state index in [0.717, 1.165) is 17.7 Å². The summed E-state index contributed by atoms with van der Waals surface area (Å²) in [6.07, 6.45) is 0.907. The van der Waals surface area contributed by atoms with E-state index in [1.54, 1.807) is 0 Å². The van der Waals surface area contributed by atoms with Gasteiger partial charge < -0.3 is 4.74 Å². The smallest absolute Gasteiger partial charge is 0.119 e. The van der Waals surface area contributed by atoms with Crippen molar-refractivity contribution in [2.24, 2.45) is 5.92 Å². The molecule has 0 saturated carbocycles. The van der Waals surface area contributed by atoms with Crippen LogP contribution in [-0.4, -0.2) is 6.61 Å². The van der Waals surface area contributed by atoms with Crippen LogP contribution in [-0.2, 0) is 0 Å². The van der Waals surface area contributed by atoms with E-state index < -0.39 is 0 Å². The fraction of sp³-hybridized carbons (Fsp3) is 0.500. The summed E-state index contributed by atoms with van der Waals surface area (Å²) in [6, 6.07) is 10.2. The Bertz CT molecular complexity index is 348. The number of rotatable bonds is 5. The summed E-state index contributed by atoms with van der Waals surface area (Å²) in [7, 11) is 0. The molecule has 1 rings (SSSR count). The third-order valence-corrected chi connectivity index (χ3v) is 2.46. The summed E-state index contributed by atoms with van der Waals surface area (Å²) in [5.74, 6) is 1.40. The second kappa shape index (κ2) is 6.17. The molecule has 0 radical (unpaired) electrons.